The SMILES string of the molecule is NCCCCCS(=O)(=O)C1CCCCC1. The largest absolute Gasteiger partial charge is 0.330 e. The predicted octanol–water partition coefficient (Wildman–Crippen LogP) is 1.86. The summed E-state index contributed by atoms with van der Waals surface area (Å²) in [5.41, 5.74) is 5.37. The van der Waals surface area contributed by atoms with Crippen molar-refractivity contribution in [1.82, 2.24) is 0 Å². The maximum Gasteiger partial charge on any atom is 0.153 e. The van der Waals surface area contributed by atoms with E-state index in [1.165, 1.54) is 6.42 Å². The average Bonchev–Trinajstić information content (AvgIpc) is 2.26. The lowest BCUT2D eigenvalue weighted by molar-refractivity contribution is 0.482. The van der Waals surface area contributed by atoms with Gasteiger partial charge in [-0.05, 0) is 32.2 Å². The summed E-state index contributed by atoms with van der Waals surface area (Å²) in [5.74, 6) is 0.373. The fourth-order valence-electron chi connectivity index (χ4n) is 2.22. The summed E-state index contributed by atoms with van der Waals surface area (Å²) in [6.07, 6.45) is 7.84. The summed E-state index contributed by atoms with van der Waals surface area (Å²) in [6.45, 7) is 0.670. The number of rotatable bonds is 6. The molecular weight excluding hydrogens is 210 g/mol. The van der Waals surface area contributed by atoms with Gasteiger partial charge in [-0.3, -0.25) is 0 Å². The second-order valence-corrected chi connectivity index (χ2v) is 6.88. The Labute approximate surface area is 93.3 Å². The molecule has 0 atom stereocenters. The molecule has 0 unspecified atom stereocenters. The lowest BCUT2D eigenvalue weighted by Gasteiger charge is -2.21. The van der Waals surface area contributed by atoms with Gasteiger partial charge in [0.15, 0.2) is 9.84 Å². The fraction of sp³-hybridized carbons (Fsp3) is 1.00. The molecule has 90 valence electrons. The predicted molar refractivity (Wildman–Crippen MR) is 63.6 cm³/mol. The first-order valence-corrected chi connectivity index (χ1v) is 7.80. The Balaban J connectivity index is 2.30. The van der Waals surface area contributed by atoms with Crippen LogP contribution in [0.25, 0.3) is 0 Å². The van der Waals surface area contributed by atoms with Crippen LogP contribution < -0.4 is 5.73 Å². The first kappa shape index (κ1) is 13.0. The van der Waals surface area contributed by atoms with E-state index in [4.69, 9.17) is 5.73 Å². The van der Waals surface area contributed by atoms with Gasteiger partial charge in [0.1, 0.15) is 0 Å². The third kappa shape index (κ3) is 4.51. The van der Waals surface area contributed by atoms with Gasteiger partial charge in [0.25, 0.3) is 0 Å². The molecule has 1 aliphatic rings. The maximum absolute atomic E-state index is 11.9. The number of hydrogen-bond donors (Lipinski definition) is 1. The van der Waals surface area contributed by atoms with E-state index in [1.54, 1.807) is 0 Å². The minimum absolute atomic E-state index is 0.0378. The normalized spacial score (nSPS) is 19.3. The monoisotopic (exact) mass is 233 g/mol. The quantitative estimate of drug-likeness (QED) is 0.712. The van der Waals surface area contributed by atoms with Crippen molar-refractivity contribution in [3.8, 4) is 0 Å². The molecule has 1 rings (SSSR count). The van der Waals surface area contributed by atoms with Crippen LogP contribution in [0, 0.1) is 0 Å². The molecule has 0 saturated heterocycles. The Kier molecular flexibility index (Phi) is 5.61. The van der Waals surface area contributed by atoms with Crippen LogP contribution in [0.2, 0.25) is 0 Å². The smallest absolute Gasteiger partial charge is 0.153 e. The molecule has 1 fully saturated rings. The van der Waals surface area contributed by atoms with Gasteiger partial charge in [0, 0.05) is 0 Å². The van der Waals surface area contributed by atoms with Gasteiger partial charge >= 0.3 is 0 Å². The minimum atomic E-state index is -2.80. The molecule has 0 radical (unpaired) electrons. The molecule has 0 aromatic heterocycles. The van der Waals surface area contributed by atoms with Crippen LogP contribution in [0.1, 0.15) is 51.4 Å². The van der Waals surface area contributed by atoms with Crippen molar-refractivity contribution in [2.45, 2.75) is 56.6 Å². The Morgan fingerprint density at radius 1 is 1.00 bits per heavy atom. The van der Waals surface area contributed by atoms with Gasteiger partial charge in [-0.2, -0.15) is 0 Å². The van der Waals surface area contributed by atoms with Gasteiger partial charge < -0.3 is 5.73 Å². The van der Waals surface area contributed by atoms with Crippen LogP contribution in [0.3, 0.4) is 0 Å². The van der Waals surface area contributed by atoms with E-state index in [-0.39, 0.29) is 5.25 Å². The average molecular weight is 233 g/mol. The highest BCUT2D eigenvalue weighted by molar-refractivity contribution is 7.92. The summed E-state index contributed by atoms with van der Waals surface area (Å²) in [4.78, 5) is 0. The van der Waals surface area contributed by atoms with Crippen molar-refractivity contribution in [3.05, 3.63) is 0 Å². The van der Waals surface area contributed by atoms with Crippen LogP contribution in [0.15, 0.2) is 0 Å². The van der Waals surface area contributed by atoms with Gasteiger partial charge in [0.2, 0.25) is 0 Å². The van der Waals surface area contributed by atoms with Crippen molar-refractivity contribution in [1.29, 1.82) is 0 Å². The van der Waals surface area contributed by atoms with E-state index in [9.17, 15) is 8.42 Å². The van der Waals surface area contributed by atoms with Crippen molar-refractivity contribution in [2.75, 3.05) is 12.3 Å². The summed E-state index contributed by atoms with van der Waals surface area (Å²) in [6, 6.07) is 0. The third-order valence-electron chi connectivity index (χ3n) is 3.19. The molecule has 0 spiro atoms. The summed E-state index contributed by atoms with van der Waals surface area (Å²) >= 11 is 0. The number of nitrogens with two attached hydrogens (primary N) is 1. The molecule has 0 bridgehead atoms. The third-order valence-corrected chi connectivity index (χ3v) is 5.54. The van der Waals surface area contributed by atoms with Crippen LogP contribution in [-0.2, 0) is 9.84 Å². The van der Waals surface area contributed by atoms with Gasteiger partial charge in [-0.25, -0.2) is 8.42 Å². The second-order valence-electron chi connectivity index (χ2n) is 4.48. The van der Waals surface area contributed by atoms with Gasteiger partial charge in [-0.15, -0.1) is 0 Å². The molecule has 0 heterocycles. The Hall–Kier alpha value is -0.0900. The number of unbranched alkanes of at least 4 members (excludes halogenated alkanes) is 2. The number of hydrogen-bond acceptors (Lipinski definition) is 3. The first-order valence-electron chi connectivity index (χ1n) is 6.08. The molecule has 0 aliphatic heterocycles. The minimum Gasteiger partial charge on any atom is -0.330 e. The molecule has 0 aromatic rings. The Morgan fingerprint density at radius 3 is 2.27 bits per heavy atom. The summed E-state index contributed by atoms with van der Waals surface area (Å²) < 4.78 is 23.8. The molecule has 1 saturated carbocycles. The standard InChI is InChI=1S/C11H23NO2S/c12-9-5-2-6-10-15(13,14)11-7-3-1-4-8-11/h11H,1-10,12H2. The highest BCUT2D eigenvalue weighted by Crippen LogP contribution is 2.24. The maximum atomic E-state index is 11.9. The Bertz CT molecular complexity index is 256. The van der Waals surface area contributed by atoms with Crippen LogP contribution in [0.4, 0.5) is 0 Å². The van der Waals surface area contributed by atoms with Gasteiger partial charge in [0.05, 0.1) is 11.0 Å². The zero-order valence-electron chi connectivity index (χ0n) is 9.45. The zero-order chi connectivity index (χ0) is 11.1. The van der Waals surface area contributed by atoms with E-state index in [2.05, 4.69) is 0 Å². The van der Waals surface area contributed by atoms with Crippen molar-refractivity contribution in [2.24, 2.45) is 5.73 Å². The summed E-state index contributed by atoms with van der Waals surface area (Å²) in [7, 11) is -2.80. The second kappa shape index (κ2) is 6.48. The van der Waals surface area contributed by atoms with Crippen molar-refractivity contribution >= 4 is 9.84 Å². The molecular formula is C11H23NO2S. The van der Waals surface area contributed by atoms with E-state index in [0.29, 0.717) is 12.3 Å². The topological polar surface area (TPSA) is 60.2 Å². The van der Waals surface area contributed by atoms with Crippen LogP contribution >= 0.6 is 0 Å². The van der Waals surface area contributed by atoms with Gasteiger partial charge in [-0.1, -0.05) is 25.7 Å². The molecule has 0 amide bonds. The van der Waals surface area contributed by atoms with E-state index < -0.39 is 9.84 Å². The van der Waals surface area contributed by atoms with E-state index in [0.717, 1.165) is 44.9 Å². The van der Waals surface area contributed by atoms with Crippen LogP contribution in [0.5, 0.6) is 0 Å². The molecule has 3 nitrogen and oxygen atoms in total. The summed E-state index contributed by atoms with van der Waals surface area (Å²) in [5, 5.41) is -0.0378. The highest BCUT2D eigenvalue weighted by Gasteiger charge is 2.26. The molecule has 4 heteroatoms. The lowest BCUT2D eigenvalue weighted by Crippen LogP contribution is -2.26. The number of sulfone groups is 1. The van der Waals surface area contributed by atoms with E-state index >= 15 is 0 Å². The first-order chi connectivity index (χ1) is 7.17. The molecule has 1 aliphatic carbocycles. The molecule has 0 aromatic carbocycles. The Morgan fingerprint density at radius 2 is 1.67 bits per heavy atom. The van der Waals surface area contributed by atoms with E-state index in [1.807, 2.05) is 0 Å². The zero-order valence-corrected chi connectivity index (χ0v) is 10.3. The van der Waals surface area contributed by atoms with Crippen molar-refractivity contribution < 1.29 is 8.42 Å². The molecule has 15 heavy (non-hydrogen) atoms. The molecule has 2 N–H and O–H groups in total. The van der Waals surface area contributed by atoms with Crippen LogP contribution in [-0.4, -0.2) is 26.0 Å². The fourth-order valence-corrected chi connectivity index (χ4v) is 4.21. The highest BCUT2D eigenvalue weighted by atomic mass is 32.2. The lowest BCUT2D eigenvalue weighted by atomic mass is 10.0. The van der Waals surface area contributed by atoms with Crippen molar-refractivity contribution in [3.63, 3.8) is 0 Å².